The van der Waals surface area contributed by atoms with E-state index in [0.717, 1.165) is 11.1 Å². The van der Waals surface area contributed by atoms with Gasteiger partial charge >= 0.3 is 0 Å². The Hall–Kier alpha value is -2.92. The maximum atomic E-state index is 12.2. The van der Waals surface area contributed by atoms with Crippen LogP contribution in [0.1, 0.15) is 11.1 Å². The fraction of sp³-hybridized carbons (Fsp3) is 0.105. The Kier molecular flexibility index (Phi) is 5.26. The van der Waals surface area contributed by atoms with E-state index in [9.17, 15) is 9.59 Å². The Morgan fingerprint density at radius 3 is 2.48 bits per heavy atom. The second-order valence-electron chi connectivity index (χ2n) is 5.53. The van der Waals surface area contributed by atoms with Crippen molar-refractivity contribution in [3.8, 4) is 11.4 Å². The molecule has 0 fully saturated rings. The number of benzene rings is 2. The number of nitrogens with zero attached hydrogens (tertiary/aromatic N) is 1. The zero-order valence-electron chi connectivity index (χ0n) is 13.3. The molecule has 0 aliphatic carbocycles. The number of rotatable bonds is 5. The van der Waals surface area contributed by atoms with Crippen molar-refractivity contribution < 1.29 is 4.79 Å². The molecule has 5 nitrogen and oxygen atoms in total. The lowest BCUT2D eigenvalue weighted by Gasteiger charge is -2.06. The summed E-state index contributed by atoms with van der Waals surface area (Å²) in [5, 5.41) is 3.40. The lowest BCUT2D eigenvalue weighted by molar-refractivity contribution is -0.120. The molecule has 3 aromatic rings. The lowest BCUT2D eigenvalue weighted by Crippen LogP contribution is -2.27. The molecular weight excluding hydrogens is 338 g/mol. The Morgan fingerprint density at radius 1 is 1.08 bits per heavy atom. The van der Waals surface area contributed by atoms with Gasteiger partial charge in [0.1, 0.15) is 5.82 Å². The summed E-state index contributed by atoms with van der Waals surface area (Å²) in [4.78, 5) is 31.1. The molecule has 0 aliphatic heterocycles. The van der Waals surface area contributed by atoms with Gasteiger partial charge in [-0.25, -0.2) is 4.98 Å². The summed E-state index contributed by atoms with van der Waals surface area (Å²) in [5.41, 5.74) is 1.75. The van der Waals surface area contributed by atoms with Crippen molar-refractivity contribution in [3.63, 3.8) is 0 Å². The predicted octanol–water partition coefficient (Wildman–Crippen LogP) is 2.95. The normalized spacial score (nSPS) is 10.4. The summed E-state index contributed by atoms with van der Waals surface area (Å²) in [5.74, 6) is 0.213. The van der Waals surface area contributed by atoms with Crippen LogP contribution >= 0.6 is 11.6 Å². The highest BCUT2D eigenvalue weighted by atomic mass is 35.5. The van der Waals surface area contributed by atoms with Gasteiger partial charge in [0, 0.05) is 28.9 Å². The molecular formula is C19H16ClN3O2. The van der Waals surface area contributed by atoms with Crippen LogP contribution in [0.15, 0.2) is 65.6 Å². The first kappa shape index (κ1) is 16.9. The van der Waals surface area contributed by atoms with E-state index in [0.29, 0.717) is 23.0 Å². The molecule has 126 valence electrons. The number of H-pyrrole nitrogens is 1. The highest BCUT2D eigenvalue weighted by Crippen LogP contribution is 2.16. The molecule has 25 heavy (non-hydrogen) atoms. The van der Waals surface area contributed by atoms with Crippen molar-refractivity contribution in [2.45, 2.75) is 13.0 Å². The number of hydrogen-bond donors (Lipinski definition) is 2. The highest BCUT2D eigenvalue weighted by Gasteiger charge is 2.09. The molecule has 0 saturated heterocycles. The van der Waals surface area contributed by atoms with Gasteiger partial charge in [0.15, 0.2) is 0 Å². The van der Waals surface area contributed by atoms with Crippen molar-refractivity contribution in [2.24, 2.45) is 0 Å². The molecule has 0 saturated carbocycles. The summed E-state index contributed by atoms with van der Waals surface area (Å²) in [6.45, 7) is 0.424. The van der Waals surface area contributed by atoms with Crippen LogP contribution in [0.3, 0.4) is 0 Å². The monoisotopic (exact) mass is 353 g/mol. The molecule has 0 spiro atoms. The van der Waals surface area contributed by atoms with Gasteiger partial charge < -0.3 is 10.3 Å². The molecule has 1 aromatic heterocycles. The molecule has 0 aliphatic rings. The van der Waals surface area contributed by atoms with Gasteiger partial charge in [-0.3, -0.25) is 9.59 Å². The van der Waals surface area contributed by atoms with Crippen molar-refractivity contribution in [3.05, 3.63) is 87.3 Å². The Labute approximate surface area is 149 Å². The first-order chi connectivity index (χ1) is 12.1. The van der Waals surface area contributed by atoms with E-state index in [1.807, 2.05) is 30.3 Å². The largest absolute Gasteiger partial charge is 0.352 e. The maximum absolute atomic E-state index is 12.2. The number of aromatic nitrogens is 2. The summed E-state index contributed by atoms with van der Waals surface area (Å²) in [6.07, 6.45) is 1.42. The van der Waals surface area contributed by atoms with Gasteiger partial charge in [0.25, 0.3) is 5.56 Å². The molecule has 3 rings (SSSR count). The van der Waals surface area contributed by atoms with E-state index in [-0.39, 0.29) is 17.9 Å². The smallest absolute Gasteiger partial charge is 0.254 e. The average molecular weight is 354 g/mol. The van der Waals surface area contributed by atoms with E-state index >= 15 is 0 Å². The fourth-order valence-electron chi connectivity index (χ4n) is 2.33. The quantitative estimate of drug-likeness (QED) is 0.740. The first-order valence-corrected chi connectivity index (χ1v) is 8.14. The number of hydrogen-bond acceptors (Lipinski definition) is 3. The predicted molar refractivity (Wildman–Crippen MR) is 97.3 cm³/mol. The number of carbonyl (C=O) groups excluding carboxylic acids is 1. The molecule has 0 radical (unpaired) electrons. The molecule has 0 bridgehead atoms. The summed E-state index contributed by atoms with van der Waals surface area (Å²) in [7, 11) is 0. The zero-order valence-corrected chi connectivity index (χ0v) is 14.1. The third-order valence-corrected chi connectivity index (χ3v) is 3.93. The molecule has 6 heteroatoms. The minimum Gasteiger partial charge on any atom is -0.352 e. The van der Waals surface area contributed by atoms with Crippen LogP contribution in [0.25, 0.3) is 11.4 Å². The fourth-order valence-corrected chi connectivity index (χ4v) is 2.46. The van der Waals surface area contributed by atoms with Gasteiger partial charge in [-0.05, 0) is 29.8 Å². The molecule has 0 atom stereocenters. The summed E-state index contributed by atoms with van der Waals surface area (Å²) < 4.78 is 0. The Bertz CT molecular complexity index is 921. The first-order valence-electron chi connectivity index (χ1n) is 7.76. The van der Waals surface area contributed by atoms with Crippen LogP contribution < -0.4 is 10.9 Å². The van der Waals surface area contributed by atoms with Gasteiger partial charge in [0.05, 0.1) is 6.42 Å². The van der Waals surface area contributed by atoms with Crippen LogP contribution in [0, 0.1) is 0 Å². The SMILES string of the molecule is O=C(Cc1cnc(-c2ccc(Cl)cc2)[nH]c1=O)NCc1ccccc1. The molecule has 1 heterocycles. The minimum atomic E-state index is -0.324. The third kappa shape index (κ3) is 4.55. The van der Waals surface area contributed by atoms with Crippen molar-refractivity contribution in [2.75, 3.05) is 0 Å². The van der Waals surface area contributed by atoms with Crippen LogP contribution in [0.4, 0.5) is 0 Å². The zero-order chi connectivity index (χ0) is 17.6. The van der Waals surface area contributed by atoms with Crippen LogP contribution in [-0.4, -0.2) is 15.9 Å². The lowest BCUT2D eigenvalue weighted by atomic mass is 10.2. The maximum Gasteiger partial charge on any atom is 0.254 e. The molecule has 1 amide bonds. The van der Waals surface area contributed by atoms with Crippen LogP contribution in [0.5, 0.6) is 0 Å². The second-order valence-corrected chi connectivity index (χ2v) is 5.97. The van der Waals surface area contributed by atoms with E-state index < -0.39 is 0 Å². The highest BCUT2D eigenvalue weighted by molar-refractivity contribution is 6.30. The Balaban J connectivity index is 1.66. The molecule has 2 aromatic carbocycles. The molecule has 0 unspecified atom stereocenters. The van der Waals surface area contributed by atoms with Gasteiger partial charge in [-0.1, -0.05) is 41.9 Å². The standard InChI is InChI=1S/C19H16ClN3O2/c20-16-8-6-14(7-9-16)18-22-12-15(19(25)23-18)10-17(24)21-11-13-4-2-1-3-5-13/h1-9,12H,10-11H2,(H,21,24)(H,22,23,25). The van der Waals surface area contributed by atoms with E-state index in [2.05, 4.69) is 15.3 Å². The van der Waals surface area contributed by atoms with Crippen molar-refractivity contribution in [1.29, 1.82) is 0 Å². The van der Waals surface area contributed by atoms with Gasteiger partial charge in [-0.15, -0.1) is 0 Å². The average Bonchev–Trinajstić information content (AvgIpc) is 2.63. The van der Waals surface area contributed by atoms with E-state index in [4.69, 9.17) is 11.6 Å². The van der Waals surface area contributed by atoms with Crippen LogP contribution in [-0.2, 0) is 17.8 Å². The van der Waals surface area contributed by atoms with Crippen molar-refractivity contribution >= 4 is 17.5 Å². The van der Waals surface area contributed by atoms with E-state index in [1.165, 1.54) is 6.20 Å². The second kappa shape index (κ2) is 7.77. The molecule has 2 N–H and O–H groups in total. The van der Waals surface area contributed by atoms with Gasteiger partial charge in [0.2, 0.25) is 5.91 Å². The summed E-state index contributed by atoms with van der Waals surface area (Å²) in [6, 6.07) is 16.6. The number of nitrogens with one attached hydrogen (secondary N) is 2. The number of aromatic amines is 1. The summed E-state index contributed by atoms with van der Waals surface area (Å²) >= 11 is 5.85. The van der Waals surface area contributed by atoms with Crippen LogP contribution in [0.2, 0.25) is 5.02 Å². The minimum absolute atomic E-state index is 0.0178. The van der Waals surface area contributed by atoms with E-state index in [1.54, 1.807) is 24.3 Å². The number of halogens is 1. The Morgan fingerprint density at radius 2 is 1.80 bits per heavy atom. The number of amides is 1. The number of carbonyl (C=O) groups is 1. The topological polar surface area (TPSA) is 74.8 Å². The van der Waals surface area contributed by atoms with Gasteiger partial charge in [-0.2, -0.15) is 0 Å². The third-order valence-electron chi connectivity index (χ3n) is 3.67. The van der Waals surface area contributed by atoms with Crippen molar-refractivity contribution in [1.82, 2.24) is 15.3 Å².